The standard InChI is InChI=1S/C11H12ClN3O/c1-16-11-3-2-10(4-8(11)5-13)15-7-9(12)6-14-15/h2-4,6-7H,5,13H2,1H3. The summed E-state index contributed by atoms with van der Waals surface area (Å²) in [6, 6.07) is 5.70. The predicted molar refractivity (Wildman–Crippen MR) is 63.0 cm³/mol. The van der Waals surface area contributed by atoms with E-state index in [1.807, 2.05) is 18.2 Å². The Morgan fingerprint density at radius 1 is 1.50 bits per heavy atom. The van der Waals surface area contributed by atoms with Gasteiger partial charge in [0.15, 0.2) is 0 Å². The fourth-order valence-electron chi connectivity index (χ4n) is 1.51. The summed E-state index contributed by atoms with van der Waals surface area (Å²) >= 11 is 5.81. The molecule has 0 aliphatic heterocycles. The van der Waals surface area contributed by atoms with Crippen molar-refractivity contribution in [1.82, 2.24) is 9.78 Å². The quantitative estimate of drug-likeness (QED) is 0.888. The van der Waals surface area contributed by atoms with E-state index < -0.39 is 0 Å². The number of halogens is 1. The van der Waals surface area contributed by atoms with Gasteiger partial charge in [0.1, 0.15) is 5.75 Å². The first-order chi connectivity index (χ1) is 7.74. The third-order valence-corrected chi connectivity index (χ3v) is 2.49. The van der Waals surface area contributed by atoms with Crippen LogP contribution in [0.15, 0.2) is 30.6 Å². The van der Waals surface area contributed by atoms with E-state index in [1.165, 1.54) is 0 Å². The van der Waals surface area contributed by atoms with E-state index in [4.69, 9.17) is 22.1 Å². The van der Waals surface area contributed by atoms with E-state index in [0.717, 1.165) is 17.0 Å². The zero-order chi connectivity index (χ0) is 11.5. The first-order valence-corrected chi connectivity index (χ1v) is 5.20. The molecule has 0 spiro atoms. The van der Waals surface area contributed by atoms with Crippen LogP contribution in [0, 0.1) is 0 Å². The van der Waals surface area contributed by atoms with Gasteiger partial charge in [-0.05, 0) is 18.2 Å². The Balaban J connectivity index is 2.43. The summed E-state index contributed by atoms with van der Waals surface area (Å²) < 4.78 is 6.89. The third-order valence-electron chi connectivity index (χ3n) is 2.30. The van der Waals surface area contributed by atoms with Crippen LogP contribution in [-0.2, 0) is 6.54 Å². The maximum atomic E-state index is 5.81. The van der Waals surface area contributed by atoms with Gasteiger partial charge < -0.3 is 10.5 Å². The number of nitrogens with zero attached hydrogens (tertiary/aromatic N) is 2. The molecule has 0 amide bonds. The zero-order valence-corrected chi connectivity index (χ0v) is 9.61. The number of methoxy groups -OCH3 is 1. The van der Waals surface area contributed by atoms with Gasteiger partial charge in [-0.1, -0.05) is 11.6 Å². The van der Waals surface area contributed by atoms with E-state index in [1.54, 1.807) is 24.2 Å². The van der Waals surface area contributed by atoms with E-state index in [0.29, 0.717) is 11.6 Å². The Bertz CT molecular complexity index is 496. The van der Waals surface area contributed by atoms with E-state index in [-0.39, 0.29) is 0 Å². The van der Waals surface area contributed by atoms with E-state index >= 15 is 0 Å². The fraction of sp³-hybridized carbons (Fsp3) is 0.182. The Kier molecular flexibility index (Phi) is 3.12. The average molecular weight is 238 g/mol. The lowest BCUT2D eigenvalue weighted by Crippen LogP contribution is -2.02. The van der Waals surface area contributed by atoms with Crippen molar-refractivity contribution in [2.75, 3.05) is 7.11 Å². The summed E-state index contributed by atoms with van der Waals surface area (Å²) in [5.41, 5.74) is 7.49. The molecule has 84 valence electrons. The van der Waals surface area contributed by atoms with Crippen molar-refractivity contribution in [1.29, 1.82) is 0 Å². The van der Waals surface area contributed by atoms with E-state index in [2.05, 4.69) is 5.10 Å². The van der Waals surface area contributed by atoms with Gasteiger partial charge in [0.2, 0.25) is 0 Å². The zero-order valence-electron chi connectivity index (χ0n) is 8.85. The molecule has 0 radical (unpaired) electrons. The second-order valence-corrected chi connectivity index (χ2v) is 3.74. The van der Waals surface area contributed by atoms with Crippen molar-refractivity contribution in [3.63, 3.8) is 0 Å². The predicted octanol–water partition coefficient (Wildman–Crippen LogP) is 1.99. The van der Waals surface area contributed by atoms with E-state index in [9.17, 15) is 0 Å². The second kappa shape index (κ2) is 4.55. The normalized spacial score (nSPS) is 10.4. The van der Waals surface area contributed by atoms with Crippen molar-refractivity contribution >= 4 is 11.6 Å². The number of benzene rings is 1. The summed E-state index contributed by atoms with van der Waals surface area (Å²) in [5, 5.41) is 4.72. The number of nitrogens with two attached hydrogens (primary N) is 1. The monoisotopic (exact) mass is 237 g/mol. The molecular formula is C11H12ClN3O. The molecule has 0 bridgehead atoms. The van der Waals surface area contributed by atoms with Crippen molar-refractivity contribution in [2.45, 2.75) is 6.54 Å². The largest absolute Gasteiger partial charge is 0.496 e. The van der Waals surface area contributed by atoms with Crippen LogP contribution < -0.4 is 10.5 Å². The molecule has 2 rings (SSSR count). The van der Waals surface area contributed by atoms with Gasteiger partial charge in [-0.15, -0.1) is 0 Å². The number of aromatic nitrogens is 2. The molecule has 1 aromatic carbocycles. The molecule has 0 saturated carbocycles. The van der Waals surface area contributed by atoms with Gasteiger partial charge in [-0.2, -0.15) is 5.10 Å². The third kappa shape index (κ3) is 2.03. The molecule has 5 heteroatoms. The molecule has 0 saturated heterocycles. The van der Waals surface area contributed by atoms with Crippen molar-refractivity contribution in [2.24, 2.45) is 5.73 Å². The minimum absolute atomic E-state index is 0.423. The highest BCUT2D eigenvalue weighted by Crippen LogP contribution is 2.21. The van der Waals surface area contributed by atoms with Gasteiger partial charge in [-0.3, -0.25) is 0 Å². The maximum Gasteiger partial charge on any atom is 0.123 e. The number of hydrogen-bond donors (Lipinski definition) is 1. The molecule has 0 fully saturated rings. The first kappa shape index (κ1) is 11.0. The lowest BCUT2D eigenvalue weighted by atomic mass is 10.2. The Morgan fingerprint density at radius 3 is 2.88 bits per heavy atom. The number of ether oxygens (including phenoxy) is 1. The summed E-state index contributed by atoms with van der Waals surface area (Å²) in [6.07, 6.45) is 3.33. The summed E-state index contributed by atoms with van der Waals surface area (Å²) in [5.74, 6) is 0.782. The fourth-order valence-corrected chi connectivity index (χ4v) is 1.65. The van der Waals surface area contributed by atoms with Gasteiger partial charge in [-0.25, -0.2) is 4.68 Å². The van der Waals surface area contributed by atoms with Crippen LogP contribution in [0.1, 0.15) is 5.56 Å². The minimum atomic E-state index is 0.423. The maximum absolute atomic E-state index is 5.81. The van der Waals surface area contributed by atoms with Crippen molar-refractivity contribution in [3.05, 3.63) is 41.2 Å². The highest BCUT2D eigenvalue weighted by Gasteiger charge is 2.05. The number of rotatable bonds is 3. The molecule has 2 aromatic rings. The van der Waals surface area contributed by atoms with Crippen molar-refractivity contribution < 1.29 is 4.74 Å². The van der Waals surface area contributed by atoms with Gasteiger partial charge >= 0.3 is 0 Å². The molecule has 1 heterocycles. The first-order valence-electron chi connectivity index (χ1n) is 4.82. The van der Waals surface area contributed by atoms with Crippen LogP contribution in [0.25, 0.3) is 5.69 Å². The van der Waals surface area contributed by atoms with Crippen LogP contribution in [0.5, 0.6) is 5.75 Å². The summed E-state index contributed by atoms with van der Waals surface area (Å²) in [7, 11) is 1.62. The molecule has 0 aliphatic rings. The highest BCUT2D eigenvalue weighted by molar-refractivity contribution is 6.30. The van der Waals surface area contributed by atoms with Crippen LogP contribution in [-0.4, -0.2) is 16.9 Å². The number of hydrogen-bond acceptors (Lipinski definition) is 3. The van der Waals surface area contributed by atoms with Crippen LogP contribution >= 0.6 is 11.6 Å². The molecule has 4 nitrogen and oxygen atoms in total. The Morgan fingerprint density at radius 2 is 2.31 bits per heavy atom. The molecule has 0 atom stereocenters. The molecule has 1 aromatic heterocycles. The summed E-state index contributed by atoms with van der Waals surface area (Å²) in [4.78, 5) is 0. The van der Waals surface area contributed by atoms with Crippen LogP contribution in [0.2, 0.25) is 5.02 Å². The lowest BCUT2D eigenvalue weighted by Gasteiger charge is -2.08. The SMILES string of the molecule is COc1ccc(-n2cc(Cl)cn2)cc1CN. The summed E-state index contributed by atoms with van der Waals surface area (Å²) in [6.45, 7) is 0.423. The van der Waals surface area contributed by atoms with Crippen LogP contribution in [0.3, 0.4) is 0 Å². The molecule has 0 aliphatic carbocycles. The lowest BCUT2D eigenvalue weighted by molar-refractivity contribution is 0.409. The molecular weight excluding hydrogens is 226 g/mol. The molecule has 2 N–H and O–H groups in total. The van der Waals surface area contributed by atoms with Crippen molar-refractivity contribution in [3.8, 4) is 11.4 Å². The molecule has 0 unspecified atom stereocenters. The van der Waals surface area contributed by atoms with Crippen LogP contribution in [0.4, 0.5) is 0 Å². The minimum Gasteiger partial charge on any atom is -0.496 e. The highest BCUT2D eigenvalue weighted by atomic mass is 35.5. The van der Waals surface area contributed by atoms with Gasteiger partial charge in [0.25, 0.3) is 0 Å². The smallest absolute Gasteiger partial charge is 0.123 e. The topological polar surface area (TPSA) is 53.1 Å². The van der Waals surface area contributed by atoms with Gasteiger partial charge in [0.05, 0.1) is 24.0 Å². The molecule has 16 heavy (non-hydrogen) atoms. The second-order valence-electron chi connectivity index (χ2n) is 3.30. The Labute approximate surface area is 98.6 Å². The Hall–Kier alpha value is -1.52. The van der Waals surface area contributed by atoms with Gasteiger partial charge in [0, 0.05) is 18.3 Å². The average Bonchev–Trinajstić information content (AvgIpc) is 2.75.